The van der Waals surface area contributed by atoms with Gasteiger partial charge in [0.05, 0.1) is 17.3 Å². The molecule has 2 aromatic rings. The lowest BCUT2D eigenvalue weighted by atomic mass is 10.2. The van der Waals surface area contributed by atoms with Crippen LogP contribution in [0.15, 0.2) is 28.1 Å². The fourth-order valence-electron chi connectivity index (χ4n) is 1.54. The van der Waals surface area contributed by atoms with Gasteiger partial charge in [0.2, 0.25) is 5.91 Å². The third-order valence-electron chi connectivity index (χ3n) is 2.71. The molecule has 0 atom stereocenters. The molecule has 1 aromatic carbocycles. The number of hydrogen-bond acceptors (Lipinski definition) is 4. The lowest BCUT2D eigenvalue weighted by molar-refractivity contribution is -0.118. The van der Waals surface area contributed by atoms with Crippen LogP contribution in [0.4, 0.5) is 5.13 Å². The molecule has 0 aliphatic rings. The number of benzene rings is 1. The van der Waals surface area contributed by atoms with Gasteiger partial charge in [-0.2, -0.15) is 0 Å². The van der Waals surface area contributed by atoms with Crippen molar-refractivity contribution < 1.29 is 9.53 Å². The van der Waals surface area contributed by atoms with E-state index < -0.39 is 0 Å². The number of ether oxygens (including phenoxy) is 1. The number of thiazole rings is 1. The predicted molar refractivity (Wildman–Crippen MR) is 85.3 cm³/mol. The largest absolute Gasteiger partial charge is 0.496 e. The molecule has 0 unspecified atom stereocenters. The van der Waals surface area contributed by atoms with Crippen LogP contribution in [0.2, 0.25) is 0 Å². The highest BCUT2D eigenvalue weighted by Crippen LogP contribution is 2.32. The zero-order valence-corrected chi connectivity index (χ0v) is 13.8. The molecule has 1 heterocycles. The highest BCUT2D eigenvalue weighted by molar-refractivity contribution is 9.10. The molecule has 0 aliphatic heterocycles. The minimum absolute atomic E-state index is 0.0261. The van der Waals surface area contributed by atoms with E-state index in [1.54, 1.807) is 7.11 Å². The third kappa shape index (κ3) is 3.37. The summed E-state index contributed by atoms with van der Waals surface area (Å²) in [5.74, 6) is 0.691. The summed E-state index contributed by atoms with van der Waals surface area (Å²) in [4.78, 5) is 16.1. The molecule has 0 bridgehead atoms. The van der Waals surface area contributed by atoms with Crippen LogP contribution in [0, 0.1) is 5.92 Å². The van der Waals surface area contributed by atoms with Gasteiger partial charge in [-0.25, -0.2) is 4.98 Å². The molecule has 0 saturated carbocycles. The molecule has 0 aliphatic carbocycles. The predicted octanol–water partition coefficient (Wildman–Crippen LogP) is 4.18. The average Bonchev–Trinajstić information content (AvgIpc) is 2.87. The van der Waals surface area contributed by atoms with Crippen LogP contribution in [0.25, 0.3) is 11.3 Å². The van der Waals surface area contributed by atoms with Gasteiger partial charge in [-0.3, -0.25) is 4.79 Å². The Hall–Kier alpha value is -1.40. The minimum Gasteiger partial charge on any atom is -0.496 e. The van der Waals surface area contributed by atoms with Crippen LogP contribution in [0.5, 0.6) is 5.75 Å². The number of rotatable bonds is 4. The van der Waals surface area contributed by atoms with Gasteiger partial charge in [-0.15, -0.1) is 11.3 Å². The number of nitrogens with zero attached hydrogens (tertiary/aromatic N) is 1. The van der Waals surface area contributed by atoms with Crippen molar-refractivity contribution in [2.45, 2.75) is 13.8 Å². The number of methoxy groups -OCH3 is 1. The second-order valence-electron chi connectivity index (χ2n) is 4.53. The Bertz CT molecular complexity index is 625. The fraction of sp³-hybridized carbons (Fsp3) is 0.286. The van der Waals surface area contributed by atoms with Crippen molar-refractivity contribution in [3.05, 3.63) is 28.1 Å². The topological polar surface area (TPSA) is 51.2 Å². The summed E-state index contributed by atoms with van der Waals surface area (Å²) in [6, 6.07) is 5.76. The first kappa shape index (κ1) is 15.0. The van der Waals surface area contributed by atoms with E-state index >= 15 is 0 Å². The Balaban J connectivity index is 2.20. The molecule has 4 nitrogen and oxygen atoms in total. The molecule has 2 rings (SSSR count). The van der Waals surface area contributed by atoms with Gasteiger partial charge in [0.1, 0.15) is 5.75 Å². The van der Waals surface area contributed by atoms with Gasteiger partial charge >= 0.3 is 0 Å². The first-order valence-electron chi connectivity index (χ1n) is 6.11. The van der Waals surface area contributed by atoms with Gasteiger partial charge in [0.15, 0.2) is 5.13 Å². The Kier molecular flexibility index (Phi) is 4.77. The highest BCUT2D eigenvalue weighted by atomic mass is 79.9. The average molecular weight is 355 g/mol. The maximum atomic E-state index is 11.6. The molecule has 0 saturated heterocycles. The summed E-state index contributed by atoms with van der Waals surface area (Å²) < 4.78 is 6.07. The Morgan fingerprint density at radius 2 is 2.20 bits per heavy atom. The molecule has 1 aromatic heterocycles. The Morgan fingerprint density at radius 3 is 2.80 bits per heavy atom. The van der Waals surface area contributed by atoms with Gasteiger partial charge in [0.25, 0.3) is 0 Å². The SMILES string of the molecule is COc1ccc(-c2csc(NC(=O)C(C)C)n2)cc1Br. The van der Waals surface area contributed by atoms with Crippen molar-refractivity contribution in [3.63, 3.8) is 0 Å². The van der Waals surface area contributed by atoms with Crippen LogP contribution in [0.3, 0.4) is 0 Å². The van der Waals surface area contributed by atoms with Crippen molar-refractivity contribution in [3.8, 4) is 17.0 Å². The molecular formula is C14H15BrN2O2S. The fourth-order valence-corrected chi connectivity index (χ4v) is 2.80. The maximum absolute atomic E-state index is 11.6. The van der Waals surface area contributed by atoms with E-state index in [9.17, 15) is 4.79 Å². The van der Waals surface area contributed by atoms with Crippen molar-refractivity contribution in [1.82, 2.24) is 4.98 Å². The summed E-state index contributed by atoms with van der Waals surface area (Å²) in [7, 11) is 1.63. The zero-order chi connectivity index (χ0) is 14.7. The molecule has 1 N–H and O–H groups in total. The number of anilines is 1. The van der Waals surface area contributed by atoms with Crippen LogP contribution >= 0.6 is 27.3 Å². The van der Waals surface area contributed by atoms with Crippen LogP contribution in [-0.4, -0.2) is 18.0 Å². The number of aromatic nitrogens is 1. The van der Waals surface area contributed by atoms with E-state index in [2.05, 4.69) is 26.2 Å². The first-order chi connectivity index (χ1) is 9.51. The van der Waals surface area contributed by atoms with Crippen LogP contribution in [0.1, 0.15) is 13.8 Å². The zero-order valence-electron chi connectivity index (χ0n) is 11.4. The monoisotopic (exact) mass is 354 g/mol. The first-order valence-corrected chi connectivity index (χ1v) is 7.79. The number of carbonyl (C=O) groups is 1. The molecule has 0 radical (unpaired) electrons. The van der Waals surface area contributed by atoms with Gasteiger partial charge < -0.3 is 10.1 Å². The number of carbonyl (C=O) groups excluding carboxylic acids is 1. The normalized spacial score (nSPS) is 10.7. The van der Waals surface area contributed by atoms with Crippen molar-refractivity contribution in [2.24, 2.45) is 5.92 Å². The molecule has 0 fully saturated rings. The Labute approximate surface area is 130 Å². The second kappa shape index (κ2) is 6.37. The van der Waals surface area contributed by atoms with Crippen molar-refractivity contribution in [1.29, 1.82) is 0 Å². The quantitative estimate of drug-likeness (QED) is 0.895. The van der Waals surface area contributed by atoms with Gasteiger partial charge in [-0.1, -0.05) is 13.8 Å². The second-order valence-corrected chi connectivity index (χ2v) is 6.24. The lowest BCUT2D eigenvalue weighted by Gasteiger charge is -2.05. The van der Waals surface area contributed by atoms with Crippen LogP contribution in [-0.2, 0) is 4.79 Å². The van der Waals surface area contributed by atoms with E-state index in [-0.39, 0.29) is 11.8 Å². The minimum atomic E-state index is -0.0579. The smallest absolute Gasteiger partial charge is 0.228 e. The van der Waals surface area contributed by atoms with E-state index in [0.29, 0.717) is 5.13 Å². The van der Waals surface area contributed by atoms with Gasteiger partial charge in [-0.05, 0) is 34.1 Å². The standard InChI is InChI=1S/C14H15BrN2O2S/c1-8(2)13(18)17-14-16-11(7-20-14)9-4-5-12(19-3)10(15)6-9/h4-8H,1-3H3,(H,16,17,18). The molecule has 0 spiro atoms. The summed E-state index contributed by atoms with van der Waals surface area (Å²) in [5, 5.41) is 5.34. The van der Waals surface area contributed by atoms with E-state index in [1.807, 2.05) is 37.4 Å². The molecular weight excluding hydrogens is 340 g/mol. The number of nitrogens with one attached hydrogen (secondary N) is 1. The van der Waals surface area contributed by atoms with Crippen molar-refractivity contribution in [2.75, 3.05) is 12.4 Å². The maximum Gasteiger partial charge on any atom is 0.228 e. The molecule has 6 heteroatoms. The lowest BCUT2D eigenvalue weighted by Crippen LogP contribution is -2.17. The summed E-state index contributed by atoms with van der Waals surface area (Å²) in [5.41, 5.74) is 1.80. The van der Waals surface area contributed by atoms with E-state index in [1.165, 1.54) is 11.3 Å². The summed E-state index contributed by atoms with van der Waals surface area (Å²) in [6.07, 6.45) is 0. The summed E-state index contributed by atoms with van der Waals surface area (Å²) >= 11 is 4.87. The highest BCUT2D eigenvalue weighted by Gasteiger charge is 2.11. The molecule has 106 valence electrons. The third-order valence-corrected chi connectivity index (χ3v) is 4.08. The molecule has 20 heavy (non-hydrogen) atoms. The number of hydrogen-bond donors (Lipinski definition) is 1. The van der Waals surface area contributed by atoms with Crippen LogP contribution < -0.4 is 10.1 Å². The summed E-state index contributed by atoms with van der Waals surface area (Å²) in [6.45, 7) is 3.70. The van der Waals surface area contributed by atoms with E-state index in [0.717, 1.165) is 21.5 Å². The van der Waals surface area contributed by atoms with Gasteiger partial charge in [0, 0.05) is 16.9 Å². The number of halogens is 1. The van der Waals surface area contributed by atoms with Crippen molar-refractivity contribution >= 4 is 38.3 Å². The van der Waals surface area contributed by atoms with E-state index in [4.69, 9.17) is 4.74 Å². The number of amides is 1. The molecule has 1 amide bonds. The Morgan fingerprint density at radius 1 is 1.45 bits per heavy atom.